The lowest BCUT2D eigenvalue weighted by atomic mass is 10.1. The maximum atomic E-state index is 12.3. The molecule has 0 fully saturated rings. The summed E-state index contributed by atoms with van der Waals surface area (Å²) < 4.78 is 0. The Kier molecular flexibility index (Phi) is 4.38. The molecular weight excluding hydrogens is 250 g/mol. The molecule has 0 aliphatic rings. The van der Waals surface area contributed by atoms with E-state index in [1.165, 1.54) is 5.56 Å². The van der Waals surface area contributed by atoms with Crippen LogP contribution in [0.25, 0.3) is 0 Å². The third-order valence-electron chi connectivity index (χ3n) is 3.23. The molecule has 0 unspecified atom stereocenters. The Morgan fingerprint density at radius 3 is 2.60 bits per heavy atom. The third-order valence-corrected chi connectivity index (χ3v) is 3.23. The van der Waals surface area contributed by atoms with Crippen molar-refractivity contribution in [2.75, 3.05) is 10.7 Å². The Hall–Kier alpha value is -2.33. The van der Waals surface area contributed by atoms with Crippen LogP contribution in [-0.4, -0.2) is 5.91 Å². The largest absolute Gasteiger partial charge is 0.324 e. The number of hydrazine groups is 1. The highest BCUT2D eigenvalue weighted by atomic mass is 16.1. The maximum Gasteiger partial charge on any atom is 0.255 e. The normalized spacial score (nSPS) is 10.2. The van der Waals surface area contributed by atoms with E-state index in [1.54, 1.807) is 12.1 Å². The van der Waals surface area contributed by atoms with E-state index in [-0.39, 0.29) is 5.91 Å². The number of benzene rings is 2. The number of nitrogen functional groups attached to an aromatic ring is 1. The van der Waals surface area contributed by atoms with Crippen molar-refractivity contribution in [1.29, 1.82) is 0 Å². The van der Waals surface area contributed by atoms with Crippen molar-refractivity contribution in [3.05, 3.63) is 59.2 Å². The van der Waals surface area contributed by atoms with E-state index in [0.29, 0.717) is 5.56 Å². The van der Waals surface area contributed by atoms with Crippen LogP contribution in [0.15, 0.2) is 42.5 Å². The van der Waals surface area contributed by atoms with Crippen LogP contribution < -0.4 is 16.6 Å². The SMILES string of the molecule is CCc1cccc(NC(=O)c2ccc(NN)cc2C)c1. The van der Waals surface area contributed by atoms with Crippen LogP contribution in [0.4, 0.5) is 11.4 Å². The van der Waals surface area contributed by atoms with Gasteiger partial charge < -0.3 is 10.7 Å². The molecule has 0 heterocycles. The lowest BCUT2D eigenvalue weighted by molar-refractivity contribution is 0.102. The van der Waals surface area contributed by atoms with Crippen LogP contribution >= 0.6 is 0 Å². The van der Waals surface area contributed by atoms with Crippen molar-refractivity contribution in [3.63, 3.8) is 0 Å². The zero-order valence-electron chi connectivity index (χ0n) is 11.7. The second kappa shape index (κ2) is 6.21. The van der Waals surface area contributed by atoms with Gasteiger partial charge in [-0.15, -0.1) is 0 Å². The lowest BCUT2D eigenvalue weighted by Gasteiger charge is -2.10. The molecule has 104 valence electrons. The predicted molar refractivity (Wildman–Crippen MR) is 82.8 cm³/mol. The Morgan fingerprint density at radius 2 is 1.95 bits per heavy atom. The quantitative estimate of drug-likeness (QED) is 0.590. The van der Waals surface area contributed by atoms with E-state index in [9.17, 15) is 4.79 Å². The van der Waals surface area contributed by atoms with Crippen LogP contribution in [0.5, 0.6) is 0 Å². The van der Waals surface area contributed by atoms with Gasteiger partial charge in [-0.2, -0.15) is 0 Å². The van der Waals surface area contributed by atoms with Gasteiger partial charge >= 0.3 is 0 Å². The molecule has 0 bridgehead atoms. The molecule has 0 saturated carbocycles. The van der Waals surface area contributed by atoms with E-state index >= 15 is 0 Å². The maximum absolute atomic E-state index is 12.3. The highest BCUT2D eigenvalue weighted by Crippen LogP contribution is 2.17. The van der Waals surface area contributed by atoms with Crippen molar-refractivity contribution in [1.82, 2.24) is 0 Å². The second-order valence-corrected chi connectivity index (χ2v) is 4.68. The monoisotopic (exact) mass is 269 g/mol. The molecule has 0 aliphatic carbocycles. The molecule has 4 nitrogen and oxygen atoms in total. The summed E-state index contributed by atoms with van der Waals surface area (Å²) in [6.45, 7) is 3.97. The number of hydrogen-bond donors (Lipinski definition) is 3. The minimum absolute atomic E-state index is 0.112. The molecule has 0 aromatic heterocycles. The fraction of sp³-hybridized carbons (Fsp3) is 0.188. The Morgan fingerprint density at radius 1 is 1.15 bits per heavy atom. The van der Waals surface area contributed by atoms with Gasteiger partial charge in [0.25, 0.3) is 5.91 Å². The molecule has 20 heavy (non-hydrogen) atoms. The number of hydrogen-bond acceptors (Lipinski definition) is 3. The van der Waals surface area contributed by atoms with Crippen molar-refractivity contribution in [2.45, 2.75) is 20.3 Å². The summed E-state index contributed by atoms with van der Waals surface area (Å²) in [5, 5.41) is 2.92. The first-order valence-electron chi connectivity index (χ1n) is 6.61. The summed E-state index contributed by atoms with van der Waals surface area (Å²) in [7, 11) is 0. The molecule has 4 N–H and O–H groups in total. The number of nitrogens with two attached hydrogens (primary N) is 1. The van der Waals surface area contributed by atoms with Crippen molar-refractivity contribution in [3.8, 4) is 0 Å². The minimum Gasteiger partial charge on any atom is -0.324 e. The first-order chi connectivity index (χ1) is 9.63. The minimum atomic E-state index is -0.112. The van der Waals surface area contributed by atoms with Gasteiger partial charge in [-0.05, 0) is 54.8 Å². The number of carbonyl (C=O) groups excluding carboxylic acids is 1. The Labute approximate surface area is 119 Å². The van der Waals surface area contributed by atoms with Gasteiger partial charge in [-0.3, -0.25) is 10.6 Å². The zero-order chi connectivity index (χ0) is 14.5. The molecule has 0 spiro atoms. The fourth-order valence-corrected chi connectivity index (χ4v) is 2.08. The highest BCUT2D eigenvalue weighted by molar-refractivity contribution is 6.05. The number of carbonyl (C=O) groups is 1. The van der Waals surface area contributed by atoms with Gasteiger partial charge in [0.05, 0.1) is 0 Å². The van der Waals surface area contributed by atoms with Crippen molar-refractivity contribution >= 4 is 17.3 Å². The second-order valence-electron chi connectivity index (χ2n) is 4.68. The van der Waals surface area contributed by atoms with Gasteiger partial charge in [-0.1, -0.05) is 19.1 Å². The molecule has 0 atom stereocenters. The highest BCUT2D eigenvalue weighted by Gasteiger charge is 2.09. The van der Waals surface area contributed by atoms with Gasteiger partial charge in [-0.25, -0.2) is 0 Å². The first kappa shape index (κ1) is 14.1. The molecule has 0 aliphatic heterocycles. The molecule has 0 radical (unpaired) electrons. The Bertz CT molecular complexity index is 623. The average molecular weight is 269 g/mol. The molecule has 2 aromatic rings. The van der Waals surface area contributed by atoms with Crippen LogP contribution in [-0.2, 0) is 6.42 Å². The fourth-order valence-electron chi connectivity index (χ4n) is 2.08. The van der Waals surface area contributed by atoms with E-state index in [4.69, 9.17) is 5.84 Å². The number of aryl methyl sites for hydroxylation is 2. The summed E-state index contributed by atoms with van der Waals surface area (Å²) in [6, 6.07) is 13.3. The number of anilines is 2. The molecule has 2 aromatic carbocycles. The Balaban J connectivity index is 2.19. The topological polar surface area (TPSA) is 67.2 Å². The van der Waals surface area contributed by atoms with E-state index in [0.717, 1.165) is 23.4 Å². The molecular formula is C16H19N3O. The van der Waals surface area contributed by atoms with E-state index in [2.05, 4.69) is 17.7 Å². The zero-order valence-corrected chi connectivity index (χ0v) is 11.7. The van der Waals surface area contributed by atoms with Crippen LogP contribution in [0.3, 0.4) is 0 Å². The van der Waals surface area contributed by atoms with Crippen LogP contribution in [0.2, 0.25) is 0 Å². The molecule has 1 amide bonds. The van der Waals surface area contributed by atoms with Crippen molar-refractivity contribution in [2.24, 2.45) is 5.84 Å². The summed E-state index contributed by atoms with van der Waals surface area (Å²) >= 11 is 0. The van der Waals surface area contributed by atoms with Crippen molar-refractivity contribution < 1.29 is 4.79 Å². The number of amides is 1. The third kappa shape index (κ3) is 3.16. The van der Waals surface area contributed by atoms with Gasteiger partial charge in [0, 0.05) is 16.9 Å². The summed E-state index contributed by atoms with van der Waals surface area (Å²) in [5.74, 6) is 5.24. The van der Waals surface area contributed by atoms with E-state index in [1.807, 2.05) is 37.3 Å². The molecule has 2 rings (SSSR count). The van der Waals surface area contributed by atoms with Gasteiger partial charge in [0.15, 0.2) is 0 Å². The molecule has 4 heteroatoms. The van der Waals surface area contributed by atoms with E-state index < -0.39 is 0 Å². The van der Waals surface area contributed by atoms with Crippen LogP contribution in [0, 0.1) is 6.92 Å². The first-order valence-corrected chi connectivity index (χ1v) is 6.61. The van der Waals surface area contributed by atoms with Gasteiger partial charge in [0.1, 0.15) is 0 Å². The summed E-state index contributed by atoms with van der Waals surface area (Å²) in [6.07, 6.45) is 0.944. The number of rotatable bonds is 4. The lowest BCUT2D eigenvalue weighted by Crippen LogP contribution is -2.14. The summed E-state index contributed by atoms with van der Waals surface area (Å²) in [5.41, 5.74) is 6.89. The standard InChI is InChI=1S/C16H19N3O/c1-3-12-5-4-6-13(10-12)18-16(20)15-8-7-14(19-17)9-11(15)2/h4-10,19H,3,17H2,1-2H3,(H,18,20). The smallest absolute Gasteiger partial charge is 0.255 e. The summed E-state index contributed by atoms with van der Waals surface area (Å²) in [4.78, 5) is 12.3. The number of nitrogens with one attached hydrogen (secondary N) is 2. The molecule has 0 saturated heterocycles. The average Bonchev–Trinajstić information content (AvgIpc) is 2.47. The van der Waals surface area contributed by atoms with Gasteiger partial charge in [0.2, 0.25) is 0 Å². The predicted octanol–water partition coefficient (Wildman–Crippen LogP) is 3.10. The van der Waals surface area contributed by atoms with Crippen LogP contribution in [0.1, 0.15) is 28.4 Å².